The second kappa shape index (κ2) is 4.04. The second-order valence-corrected chi connectivity index (χ2v) is 3.19. The number of azide groups is 1. The molecule has 0 unspecified atom stereocenters. The molecule has 0 radical (unpaired) electrons. The number of hydrogen-bond acceptors (Lipinski definition) is 2. The van der Waals surface area contributed by atoms with Gasteiger partial charge in [0.1, 0.15) is 0 Å². The van der Waals surface area contributed by atoms with Crippen molar-refractivity contribution in [3.63, 3.8) is 0 Å². The molecule has 0 N–H and O–H groups in total. The zero-order chi connectivity index (χ0) is 11.5. The van der Waals surface area contributed by atoms with Gasteiger partial charge in [-0.1, -0.05) is 0 Å². The van der Waals surface area contributed by atoms with E-state index in [1.165, 1.54) is 6.20 Å². The van der Waals surface area contributed by atoms with Gasteiger partial charge in [-0.2, -0.15) is 0 Å². The fourth-order valence-corrected chi connectivity index (χ4v) is 1.66. The van der Waals surface area contributed by atoms with Gasteiger partial charge in [-0.3, -0.25) is 9.78 Å². The van der Waals surface area contributed by atoms with Gasteiger partial charge in [-0.05, 0) is 29.7 Å². The number of aromatic nitrogens is 2. The van der Waals surface area contributed by atoms with Gasteiger partial charge < -0.3 is 4.57 Å². The first-order chi connectivity index (χ1) is 7.77. The molecule has 0 aliphatic heterocycles. The Hall–Kier alpha value is -2.33. The first kappa shape index (κ1) is 10.2. The van der Waals surface area contributed by atoms with Crippen molar-refractivity contribution in [3.05, 3.63) is 40.5 Å². The van der Waals surface area contributed by atoms with Crippen molar-refractivity contribution in [3.8, 4) is 0 Å². The minimum Gasteiger partial charge on any atom is -0.346 e. The van der Waals surface area contributed by atoms with E-state index < -0.39 is 5.91 Å². The summed E-state index contributed by atoms with van der Waals surface area (Å²) in [6, 6.07) is 3.39. The highest BCUT2D eigenvalue weighted by atomic mass is 16.1. The number of aryl methyl sites for hydroxylation is 1. The molecule has 0 atom stereocenters. The highest BCUT2D eigenvalue weighted by Crippen LogP contribution is 2.18. The number of carbonyl (C=O) groups excluding carboxylic acids is 1. The highest BCUT2D eigenvalue weighted by molar-refractivity contribution is 6.05. The summed E-state index contributed by atoms with van der Waals surface area (Å²) in [6.07, 6.45) is 3.38. The van der Waals surface area contributed by atoms with E-state index >= 15 is 0 Å². The Balaban J connectivity index is 2.73. The van der Waals surface area contributed by atoms with Crippen molar-refractivity contribution in [2.75, 3.05) is 0 Å². The monoisotopic (exact) mass is 215 g/mol. The van der Waals surface area contributed by atoms with E-state index in [2.05, 4.69) is 15.0 Å². The molecule has 1 amide bonds. The normalized spacial score (nSPS) is 10.1. The summed E-state index contributed by atoms with van der Waals surface area (Å²) in [6.45, 7) is 2.69. The number of nitrogens with zero attached hydrogens (tertiary/aromatic N) is 5. The largest absolute Gasteiger partial charge is 0.346 e. The van der Waals surface area contributed by atoms with Crippen LogP contribution >= 0.6 is 0 Å². The molecule has 2 heterocycles. The molecule has 0 aliphatic carbocycles. The lowest BCUT2D eigenvalue weighted by molar-refractivity contribution is 0.100. The van der Waals surface area contributed by atoms with E-state index in [1.807, 2.05) is 23.8 Å². The maximum absolute atomic E-state index is 11.6. The molecule has 2 rings (SSSR count). The highest BCUT2D eigenvalue weighted by Gasteiger charge is 2.12. The standard InChI is InChI=1S/C10H9N5O/c1-2-15-6-4-8-9(15)7(3-5-12-8)10(16)13-14-11/h3-6H,2H2,1H3. The Morgan fingerprint density at radius 2 is 2.44 bits per heavy atom. The SMILES string of the molecule is CCn1ccc2nccc(C(=O)N=[N+]=[N-])c21. The molecule has 0 fully saturated rings. The molecule has 2 aromatic rings. The first-order valence-electron chi connectivity index (χ1n) is 4.81. The number of carbonyl (C=O) groups is 1. The van der Waals surface area contributed by atoms with Crippen molar-refractivity contribution in [2.45, 2.75) is 13.5 Å². The predicted octanol–water partition coefficient (Wildman–Crippen LogP) is 2.51. The molecule has 0 bridgehead atoms. The zero-order valence-electron chi connectivity index (χ0n) is 8.66. The van der Waals surface area contributed by atoms with Crippen molar-refractivity contribution >= 4 is 16.9 Å². The summed E-state index contributed by atoms with van der Waals surface area (Å²) in [5.74, 6) is -0.580. The molecular weight excluding hydrogens is 206 g/mol. The third-order valence-corrected chi connectivity index (χ3v) is 2.36. The molecule has 80 valence electrons. The van der Waals surface area contributed by atoms with Crippen LogP contribution in [0.2, 0.25) is 0 Å². The van der Waals surface area contributed by atoms with Gasteiger partial charge in [0.25, 0.3) is 5.91 Å². The van der Waals surface area contributed by atoms with Gasteiger partial charge in [0.15, 0.2) is 0 Å². The van der Waals surface area contributed by atoms with Crippen LogP contribution in [0.1, 0.15) is 17.3 Å². The maximum atomic E-state index is 11.6. The second-order valence-electron chi connectivity index (χ2n) is 3.19. The van der Waals surface area contributed by atoms with Crippen LogP contribution in [-0.2, 0) is 6.54 Å². The summed E-state index contributed by atoms with van der Waals surface area (Å²) in [7, 11) is 0. The summed E-state index contributed by atoms with van der Waals surface area (Å²) in [4.78, 5) is 18.2. The maximum Gasteiger partial charge on any atom is 0.251 e. The van der Waals surface area contributed by atoms with E-state index in [-0.39, 0.29) is 0 Å². The molecular formula is C10H9N5O. The fraction of sp³-hybridized carbons (Fsp3) is 0.200. The number of rotatable bonds is 2. The van der Waals surface area contributed by atoms with Crippen LogP contribution in [0.25, 0.3) is 21.5 Å². The minimum atomic E-state index is -0.580. The van der Waals surface area contributed by atoms with Crippen LogP contribution in [0.5, 0.6) is 0 Å². The van der Waals surface area contributed by atoms with Crippen molar-refractivity contribution in [1.82, 2.24) is 9.55 Å². The Bertz CT molecular complexity index is 594. The summed E-state index contributed by atoms with van der Waals surface area (Å²) < 4.78 is 1.89. The number of hydrogen-bond donors (Lipinski definition) is 0. The first-order valence-corrected chi connectivity index (χ1v) is 4.81. The third kappa shape index (κ3) is 1.51. The van der Waals surface area contributed by atoms with Gasteiger partial charge in [0.05, 0.1) is 16.6 Å². The van der Waals surface area contributed by atoms with Gasteiger partial charge in [0, 0.05) is 23.9 Å². The molecule has 0 aromatic carbocycles. The molecule has 2 aromatic heterocycles. The Labute approximate surface area is 91.1 Å². The van der Waals surface area contributed by atoms with Gasteiger partial charge in [-0.25, -0.2) is 0 Å². The van der Waals surface area contributed by atoms with Crippen LogP contribution in [0.15, 0.2) is 29.6 Å². The molecule has 0 aliphatic rings. The molecule has 6 heteroatoms. The average molecular weight is 215 g/mol. The number of pyridine rings is 1. The predicted molar refractivity (Wildman–Crippen MR) is 58.9 cm³/mol. The van der Waals surface area contributed by atoms with Crippen molar-refractivity contribution in [1.29, 1.82) is 0 Å². The van der Waals surface area contributed by atoms with E-state index in [0.717, 1.165) is 12.1 Å². The molecule has 0 saturated carbocycles. The zero-order valence-corrected chi connectivity index (χ0v) is 8.66. The summed E-state index contributed by atoms with van der Waals surface area (Å²) >= 11 is 0. The summed E-state index contributed by atoms with van der Waals surface area (Å²) in [5.41, 5.74) is 10.1. The Kier molecular flexibility index (Phi) is 2.57. The van der Waals surface area contributed by atoms with Crippen LogP contribution in [0.3, 0.4) is 0 Å². The van der Waals surface area contributed by atoms with E-state index in [0.29, 0.717) is 11.1 Å². The minimum absolute atomic E-state index is 0.384. The molecule has 0 saturated heterocycles. The molecule has 6 nitrogen and oxygen atoms in total. The smallest absolute Gasteiger partial charge is 0.251 e. The topological polar surface area (TPSA) is 83.7 Å². The van der Waals surface area contributed by atoms with Crippen molar-refractivity contribution in [2.24, 2.45) is 5.11 Å². The number of amides is 1. The van der Waals surface area contributed by atoms with E-state index in [1.54, 1.807) is 6.07 Å². The van der Waals surface area contributed by atoms with Crippen molar-refractivity contribution < 1.29 is 4.79 Å². The molecule has 16 heavy (non-hydrogen) atoms. The van der Waals surface area contributed by atoms with Crippen LogP contribution in [0, 0.1) is 0 Å². The quantitative estimate of drug-likeness (QED) is 0.438. The van der Waals surface area contributed by atoms with E-state index in [9.17, 15) is 4.79 Å². The summed E-state index contributed by atoms with van der Waals surface area (Å²) in [5, 5.41) is 3.10. The van der Waals surface area contributed by atoms with Gasteiger partial charge >= 0.3 is 0 Å². The lowest BCUT2D eigenvalue weighted by Gasteiger charge is -2.03. The molecule has 0 spiro atoms. The van der Waals surface area contributed by atoms with Crippen LogP contribution < -0.4 is 0 Å². The lowest BCUT2D eigenvalue weighted by atomic mass is 10.2. The Morgan fingerprint density at radius 1 is 1.62 bits per heavy atom. The number of fused-ring (bicyclic) bond motifs is 1. The van der Waals surface area contributed by atoms with Crippen LogP contribution in [-0.4, -0.2) is 15.5 Å². The Morgan fingerprint density at radius 3 is 3.12 bits per heavy atom. The van der Waals surface area contributed by atoms with Gasteiger partial charge in [0.2, 0.25) is 0 Å². The fourth-order valence-electron chi connectivity index (χ4n) is 1.66. The van der Waals surface area contributed by atoms with Crippen LogP contribution in [0.4, 0.5) is 0 Å². The lowest BCUT2D eigenvalue weighted by Crippen LogP contribution is -2.01. The average Bonchev–Trinajstić information content (AvgIpc) is 2.72. The van der Waals surface area contributed by atoms with Gasteiger partial charge in [-0.15, -0.1) is 0 Å². The van der Waals surface area contributed by atoms with E-state index in [4.69, 9.17) is 5.53 Å². The third-order valence-electron chi connectivity index (χ3n) is 2.36.